The van der Waals surface area contributed by atoms with Gasteiger partial charge in [0.15, 0.2) is 5.78 Å². The quantitative estimate of drug-likeness (QED) is 0.606. The number of hydrogen-bond donors (Lipinski definition) is 0. The van der Waals surface area contributed by atoms with Crippen molar-refractivity contribution < 1.29 is 4.79 Å². The lowest BCUT2D eigenvalue weighted by Crippen LogP contribution is -1.96. The monoisotopic (exact) mass is 272 g/mol. The van der Waals surface area contributed by atoms with Crippen LogP contribution >= 0.6 is 27.5 Å². The smallest absolute Gasteiger partial charge is 0.156 e. The zero-order valence-corrected chi connectivity index (χ0v) is 10.1. The van der Waals surface area contributed by atoms with Crippen molar-refractivity contribution in [1.29, 1.82) is 0 Å². The van der Waals surface area contributed by atoms with Gasteiger partial charge in [0.2, 0.25) is 0 Å². The van der Waals surface area contributed by atoms with Crippen molar-refractivity contribution in [2.24, 2.45) is 0 Å². The summed E-state index contributed by atoms with van der Waals surface area (Å²) in [6.07, 6.45) is 1.85. The third kappa shape index (κ3) is 3.28. The van der Waals surface area contributed by atoms with E-state index in [1.54, 1.807) is 19.1 Å². The average molecular weight is 274 g/mol. The Morgan fingerprint density at radius 2 is 2.00 bits per heavy atom. The molecule has 3 heteroatoms. The summed E-state index contributed by atoms with van der Waals surface area (Å²) in [5.74, 6) is 0.0804. The van der Waals surface area contributed by atoms with Gasteiger partial charge in [-0.05, 0) is 30.7 Å². The number of hydrogen-bond acceptors (Lipinski definition) is 1. The summed E-state index contributed by atoms with van der Waals surface area (Å²) in [5.41, 5.74) is 1.74. The van der Waals surface area contributed by atoms with E-state index in [0.29, 0.717) is 10.4 Å². The Kier molecular flexibility index (Phi) is 4.36. The van der Waals surface area contributed by atoms with Crippen molar-refractivity contribution in [3.8, 4) is 0 Å². The van der Waals surface area contributed by atoms with E-state index in [0.717, 1.165) is 11.1 Å². The molecular formula is C11H10BrClO. The minimum atomic E-state index is 0.0804. The molecular weight excluding hydrogens is 263 g/mol. The second-order valence-corrected chi connectivity index (χ2v) is 3.91. The molecule has 0 N–H and O–H groups in total. The minimum absolute atomic E-state index is 0.0804. The van der Waals surface area contributed by atoms with Gasteiger partial charge in [0.1, 0.15) is 0 Å². The van der Waals surface area contributed by atoms with Crippen LogP contribution in [0.25, 0.3) is 6.08 Å². The van der Waals surface area contributed by atoms with Gasteiger partial charge < -0.3 is 0 Å². The van der Waals surface area contributed by atoms with Crippen LogP contribution in [-0.2, 0) is 4.79 Å². The molecule has 0 saturated heterocycles. The van der Waals surface area contributed by atoms with Crippen molar-refractivity contribution in [3.63, 3.8) is 0 Å². The highest BCUT2D eigenvalue weighted by Crippen LogP contribution is 2.13. The lowest BCUT2D eigenvalue weighted by Gasteiger charge is -1.98. The van der Waals surface area contributed by atoms with Gasteiger partial charge in [0, 0.05) is 15.9 Å². The Bertz CT molecular complexity index is 354. The molecule has 1 aromatic carbocycles. The predicted molar refractivity (Wildman–Crippen MR) is 63.9 cm³/mol. The fourth-order valence-electron chi connectivity index (χ4n) is 0.994. The Morgan fingerprint density at radius 3 is 2.43 bits per heavy atom. The van der Waals surface area contributed by atoms with Gasteiger partial charge in [-0.2, -0.15) is 0 Å². The van der Waals surface area contributed by atoms with Gasteiger partial charge in [0.05, 0.1) is 0 Å². The lowest BCUT2D eigenvalue weighted by atomic mass is 10.1. The first-order valence-electron chi connectivity index (χ1n) is 4.16. The van der Waals surface area contributed by atoms with Gasteiger partial charge in [-0.3, -0.25) is 4.79 Å². The van der Waals surface area contributed by atoms with E-state index in [9.17, 15) is 4.79 Å². The molecule has 0 radical (unpaired) electrons. The molecule has 0 amide bonds. The molecule has 14 heavy (non-hydrogen) atoms. The van der Waals surface area contributed by atoms with Crippen molar-refractivity contribution in [2.75, 3.05) is 5.33 Å². The Morgan fingerprint density at radius 1 is 1.43 bits per heavy atom. The first-order chi connectivity index (χ1) is 6.63. The van der Waals surface area contributed by atoms with Crippen LogP contribution in [0.15, 0.2) is 29.8 Å². The molecule has 0 saturated carbocycles. The van der Waals surface area contributed by atoms with E-state index in [-0.39, 0.29) is 5.78 Å². The molecule has 74 valence electrons. The molecule has 0 spiro atoms. The SMILES string of the molecule is CC(=O)/C(=C\c1ccc(Cl)cc1)CBr. The topological polar surface area (TPSA) is 17.1 Å². The van der Waals surface area contributed by atoms with E-state index in [1.807, 2.05) is 18.2 Å². The highest BCUT2D eigenvalue weighted by Gasteiger charge is 2.01. The summed E-state index contributed by atoms with van der Waals surface area (Å²) in [4.78, 5) is 11.1. The van der Waals surface area contributed by atoms with Crippen molar-refractivity contribution >= 4 is 39.4 Å². The number of Topliss-reactive ketones (excluding diaryl/α,β-unsaturated/α-hetero) is 1. The number of carbonyl (C=O) groups is 1. The van der Waals surface area contributed by atoms with Gasteiger partial charge in [-0.1, -0.05) is 39.7 Å². The standard InChI is InChI=1S/C11H10BrClO/c1-8(14)10(7-12)6-9-2-4-11(13)5-3-9/h2-6H,7H2,1H3/b10-6-. The van der Waals surface area contributed by atoms with Crippen LogP contribution in [0.2, 0.25) is 5.02 Å². The molecule has 0 fully saturated rings. The predicted octanol–water partition coefficient (Wildman–Crippen LogP) is 3.71. The number of ketones is 1. The van der Waals surface area contributed by atoms with Gasteiger partial charge >= 0.3 is 0 Å². The summed E-state index contributed by atoms with van der Waals surface area (Å²) in [6.45, 7) is 1.56. The van der Waals surface area contributed by atoms with Crippen molar-refractivity contribution in [3.05, 3.63) is 40.4 Å². The molecule has 0 aliphatic heterocycles. The normalized spacial score (nSPS) is 11.5. The minimum Gasteiger partial charge on any atom is -0.295 e. The van der Waals surface area contributed by atoms with Gasteiger partial charge in [0.25, 0.3) is 0 Å². The largest absolute Gasteiger partial charge is 0.295 e. The van der Waals surface area contributed by atoms with Crippen LogP contribution in [0.3, 0.4) is 0 Å². The number of halogens is 2. The number of benzene rings is 1. The van der Waals surface area contributed by atoms with Gasteiger partial charge in [-0.15, -0.1) is 0 Å². The molecule has 0 atom stereocenters. The Hall–Kier alpha value is -0.600. The van der Waals surface area contributed by atoms with E-state index < -0.39 is 0 Å². The highest BCUT2D eigenvalue weighted by atomic mass is 79.9. The van der Waals surface area contributed by atoms with Crippen LogP contribution in [-0.4, -0.2) is 11.1 Å². The summed E-state index contributed by atoms with van der Waals surface area (Å²) >= 11 is 9.02. The Balaban J connectivity index is 2.95. The third-order valence-corrected chi connectivity index (χ3v) is 2.66. The van der Waals surface area contributed by atoms with E-state index in [2.05, 4.69) is 15.9 Å². The molecule has 0 unspecified atom stereocenters. The van der Waals surface area contributed by atoms with Gasteiger partial charge in [-0.25, -0.2) is 0 Å². The number of rotatable bonds is 3. The number of allylic oxidation sites excluding steroid dienone is 1. The molecule has 0 aliphatic rings. The molecule has 1 nitrogen and oxygen atoms in total. The maximum absolute atomic E-state index is 11.1. The first-order valence-corrected chi connectivity index (χ1v) is 5.66. The zero-order valence-electron chi connectivity index (χ0n) is 7.76. The highest BCUT2D eigenvalue weighted by molar-refractivity contribution is 9.09. The fourth-order valence-corrected chi connectivity index (χ4v) is 1.68. The van der Waals surface area contributed by atoms with E-state index in [1.165, 1.54) is 0 Å². The van der Waals surface area contributed by atoms with Crippen LogP contribution in [0, 0.1) is 0 Å². The third-order valence-electron chi connectivity index (χ3n) is 1.81. The maximum atomic E-state index is 11.1. The zero-order chi connectivity index (χ0) is 10.6. The average Bonchev–Trinajstić information content (AvgIpc) is 2.16. The second kappa shape index (κ2) is 5.32. The second-order valence-electron chi connectivity index (χ2n) is 2.91. The fraction of sp³-hybridized carbons (Fsp3) is 0.182. The van der Waals surface area contributed by atoms with Crippen molar-refractivity contribution in [2.45, 2.75) is 6.92 Å². The lowest BCUT2D eigenvalue weighted by molar-refractivity contribution is -0.113. The van der Waals surface area contributed by atoms with Crippen LogP contribution < -0.4 is 0 Å². The Labute approximate surface area is 96.9 Å². The van der Waals surface area contributed by atoms with E-state index in [4.69, 9.17) is 11.6 Å². The summed E-state index contributed by atoms with van der Waals surface area (Å²) in [5, 5.41) is 1.27. The molecule has 1 aromatic rings. The van der Waals surface area contributed by atoms with Crippen LogP contribution in [0.5, 0.6) is 0 Å². The molecule has 1 rings (SSSR count). The summed E-state index contributed by atoms with van der Waals surface area (Å²) in [6, 6.07) is 7.38. The number of alkyl halides is 1. The molecule has 0 heterocycles. The molecule has 0 bridgehead atoms. The summed E-state index contributed by atoms with van der Waals surface area (Å²) < 4.78 is 0. The maximum Gasteiger partial charge on any atom is 0.156 e. The van der Waals surface area contributed by atoms with E-state index >= 15 is 0 Å². The van der Waals surface area contributed by atoms with Crippen LogP contribution in [0.1, 0.15) is 12.5 Å². The molecule has 0 aliphatic carbocycles. The molecule has 0 aromatic heterocycles. The summed E-state index contributed by atoms with van der Waals surface area (Å²) in [7, 11) is 0. The first kappa shape index (κ1) is 11.5. The van der Waals surface area contributed by atoms with Crippen LogP contribution in [0.4, 0.5) is 0 Å². The van der Waals surface area contributed by atoms with Crippen molar-refractivity contribution in [1.82, 2.24) is 0 Å². The number of carbonyl (C=O) groups excluding carboxylic acids is 1.